The van der Waals surface area contributed by atoms with Gasteiger partial charge >= 0.3 is 24.2 Å². The molecule has 5 rings (SSSR count). The van der Waals surface area contributed by atoms with E-state index in [1.807, 2.05) is 0 Å². The summed E-state index contributed by atoms with van der Waals surface area (Å²) in [7, 11) is 0. The first kappa shape index (κ1) is 36.0. The maximum atomic E-state index is 15.2. The topological polar surface area (TPSA) is 102 Å². The Kier molecular flexibility index (Phi) is 9.19. The van der Waals surface area contributed by atoms with Crippen molar-refractivity contribution in [2.24, 2.45) is 17.3 Å². The fraction of sp³-hybridized carbons (Fsp3) is 0.639. The second kappa shape index (κ2) is 12.2. The third-order valence-electron chi connectivity index (χ3n) is 10.9. The zero-order chi connectivity index (χ0) is 35.6. The van der Waals surface area contributed by atoms with Crippen LogP contribution >= 0.6 is 0 Å². The summed E-state index contributed by atoms with van der Waals surface area (Å²) in [5.74, 6) is -7.50. The summed E-state index contributed by atoms with van der Waals surface area (Å²) in [5.41, 5.74) is -1.68. The van der Waals surface area contributed by atoms with Gasteiger partial charge in [-0.1, -0.05) is 36.8 Å². The number of nitrogens with one attached hydrogen (secondary N) is 1. The molecule has 4 aliphatic rings. The third kappa shape index (κ3) is 6.18. The van der Waals surface area contributed by atoms with E-state index in [9.17, 15) is 32.7 Å². The Labute approximate surface area is 277 Å². The fourth-order valence-corrected chi connectivity index (χ4v) is 8.60. The lowest BCUT2D eigenvalue weighted by Gasteiger charge is -2.56. The summed E-state index contributed by atoms with van der Waals surface area (Å²) < 4.78 is 82.7. The van der Waals surface area contributed by atoms with Gasteiger partial charge < -0.3 is 19.9 Å². The number of hydrogen-bond acceptors (Lipinski definition) is 6. The largest absolute Gasteiger partial charge is 0.456 e. The van der Waals surface area contributed by atoms with Gasteiger partial charge in [0, 0.05) is 17.8 Å². The quantitative estimate of drug-likeness (QED) is 0.233. The second-order valence-electron chi connectivity index (χ2n) is 15.1. The van der Waals surface area contributed by atoms with Crippen molar-refractivity contribution in [3.63, 3.8) is 0 Å². The smallest absolute Gasteiger partial charge is 0.456 e. The van der Waals surface area contributed by atoms with Crippen LogP contribution in [0, 0.1) is 17.3 Å². The summed E-state index contributed by atoms with van der Waals surface area (Å²) in [6.45, 7) is 9.57. The average molecular weight is 682 g/mol. The number of halogens is 5. The number of allylic oxidation sites excluding steroid dienone is 4. The first-order valence-corrected chi connectivity index (χ1v) is 16.5. The maximum Gasteiger partial charge on any atom is 0.456 e. The highest BCUT2D eigenvalue weighted by Crippen LogP contribution is 2.70. The predicted octanol–water partition coefficient (Wildman–Crippen LogP) is 8.03. The molecule has 0 heterocycles. The van der Waals surface area contributed by atoms with Crippen LogP contribution in [0.25, 0.3) is 0 Å². The Morgan fingerprint density at radius 1 is 1.00 bits per heavy atom. The normalized spacial score (nSPS) is 30.4. The van der Waals surface area contributed by atoms with E-state index in [4.69, 9.17) is 9.47 Å². The van der Waals surface area contributed by atoms with Crippen LogP contribution in [-0.2, 0) is 19.1 Å². The molecule has 7 atom stereocenters. The molecular formula is C36H44F5NO6. The van der Waals surface area contributed by atoms with Crippen LogP contribution in [0.15, 0.2) is 47.1 Å². The summed E-state index contributed by atoms with van der Waals surface area (Å²) in [5, 5.41) is 13.9. The molecular weight excluding hydrogens is 637 g/mol. The van der Waals surface area contributed by atoms with E-state index in [1.165, 1.54) is 13.8 Å². The minimum Gasteiger partial charge on any atom is -0.456 e. The molecule has 48 heavy (non-hydrogen) atoms. The SMILES string of the molecule is CC(OC(=O)[C@H](C)NC(=O)OC(C)(C)C)c1ccc([C@H]2C[C@@]3(C)[C@@H](CC[C@@]3(O)C(F)(F)C(F)(F)F)[C@@H]3CCC4=CC(=O)CCC4=C32)cc1. The Bertz CT molecular complexity index is 1530. The van der Waals surface area contributed by atoms with Gasteiger partial charge in [-0.25, -0.2) is 9.59 Å². The van der Waals surface area contributed by atoms with Crippen LogP contribution in [0.1, 0.15) is 110 Å². The molecule has 2 N–H and O–H groups in total. The summed E-state index contributed by atoms with van der Waals surface area (Å²) in [6, 6.07) is 5.93. The number of aliphatic hydroxyl groups is 1. The van der Waals surface area contributed by atoms with Crippen LogP contribution in [-0.4, -0.2) is 52.3 Å². The molecule has 0 saturated heterocycles. The molecule has 1 aromatic rings. The standard InChI is InChI=1S/C36H44F5NO6/c1-19(42-31(45)48-32(3,4)5)30(44)47-20(2)21-7-9-22(10-8-21)27-18-33(6)28(15-16-34(33,46)35(37,38)36(39,40)41)26-13-11-23-17-24(43)12-14-25(23)29(26)27/h7-10,17,19-20,26-28,46H,11-16,18H2,1-6H3,(H,42,45)/t19-,20?,26-,27+,28-,33-,34-/m0/s1. The van der Waals surface area contributed by atoms with Crippen molar-refractivity contribution < 1.29 is 50.9 Å². The van der Waals surface area contributed by atoms with Crippen LogP contribution in [0.5, 0.6) is 0 Å². The van der Waals surface area contributed by atoms with Gasteiger partial charge in [-0.2, -0.15) is 22.0 Å². The lowest BCUT2D eigenvalue weighted by atomic mass is 9.50. The Morgan fingerprint density at radius 2 is 1.65 bits per heavy atom. The number of fused-ring (bicyclic) bond motifs is 4. The molecule has 0 spiro atoms. The zero-order valence-electron chi connectivity index (χ0n) is 28.1. The van der Waals surface area contributed by atoms with E-state index in [0.717, 1.165) is 16.7 Å². The molecule has 0 aliphatic heterocycles. The molecule has 1 aromatic carbocycles. The number of alkyl carbamates (subject to hydrolysis) is 1. The fourth-order valence-electron chi connectivity index (χ4n) is 8.60. The van der Waals surface area contributed by atoms with Crippen molar-refractivity contribution in [2.45, 2.75) is 128 Å². The molecule has 7 nitrogen and oxygen atoms in total. The summed E-state index contributed by atoms with van der Waals surface area (Å²) in [4.78, 5) is 37.1. The van der Waals surface area contributed by atoms with Gasteiger partial charge in [0.05, 0.1) is 0 Å². The second-order valence-corrected chi connectivity index (χ2v) is 15.1. The molecule has 0 bridgehead atoms. The van der Waals surface area contributed by atoms with Gasteiger partial charge in [-0.3, -0.25) is 4.79 Å². The molecule has 12 heteroatoms. The molecule has 0 aromatic heterocycles. The highest BCUT2D eigenvalue weighted by atomic mass is 19.4. The Balaban J connectivity index is 1.45. The van der Waals surface area contributed by atoms with Gasteiger partial charge in [0.15, 0.2) is 5.78 Å². The van der Waals surface area contributed by atoms with Gasteiger partial charge in [0.25, 0.3) is 0 Å². The maximum absolute atomic E-state index is 15.2. The van der Waals surface area contributed by atoms with Crippen molar-refractivity contribution in [1.82, 2.24) is 5.32 Å². The molecule has 2 fully saturated rings. The van der Waals surface area contributed by atoms with E-state index in [0.29, 0.717) is 36.8 Å². The van der Waals surface area contributed by atoms with E-state index in [2.05, 4.69) is 5.32 Å². The van der Waals surface area contributed by atoms with Crippen LogP contribution in [0.4, 0.5) is 26.7 Å². The molecule has 264 valence electrons. The molecule has 0 radical (unpaired) electrons. The monoisotopic (exact) mass is 681 g/mol. The van der Waals surface area contributed by atoms with Crippen molar-refractivity contribution in [3.8, 4) is 0 Å². The molecule has 1 amide bonds. The number of carbonyl (C=O) groups is 3. The van der Waals surface area contributed by atoms with Gasteiger partial charge in [0.1, 0.15) is 23.3 Å². The van der Waals surface area contributed by atoms with Crippen LogP contribution < -0.4 is 5.32 Å². The zero-order valence-corrected chi connectivity index (χ0v) is 28.1. The van der Waals surface area contributed by atoms with Crippen molar-refractivity contribution in [1.29, 1.82) is 0 Å². The van der Waals surface area contributed by atoms with Crippen LogP contribution in [0.3, 0.4) is 0 Å². The number of ketones is 1. The number of carbonyl (C=O) groups excluding carboxylic acids is 3. The summed E-state index contributed by atoms with van der Waals surface area (Å²) in [6.07, 6.45) is -4.79. The minimum absolute atomic E-state index is 0.00793. The van der Waals surface area contributed by atoms with Gasteiger partial charge in [0.2, 0.25) is 0 Å². The Hall–Kier alpha value is -3.28. The van der Waals surface area contributed by atoms with Crippen molar-refractivity contribution in [2.75, 3.05) is 0 Å². The van der Waals surface area contributed by atoms with E-state index >= 15 is 8.78 Å². The Morgan fingerprint density at radius 3 is 2.25 bits per heavy atom. The highest BCUT2D eigenvalue weighted by Gasteiger charge is 2.79. The number of benzene rings is 1. The predicted molar refractivity (Wildman–Crippen MR) is 166 cm³/mol. The highest BCUT2D eigenvalue weighted by molar-refractivity contribution is 5.93. The van der Waals surface area contributed by atoms with Crippen molar-refractivity contribution >= 4 is 17.8 Å². The average Bonchev–Trinajstić information content (AvgIpc) is 3.26. The number of ether oxygens (including phenoxy) is 2. The van der Waals surface area contributed by atoms with Gasteiger partial charge in [-0.05, 0) is 113 Å². The number of alkyl halides is 5. The molecule has 1 unspecified atom stereocenters. The summed E-state index contributed by atoms with van der Waals surface area (Å²) >= 11 is 0. The van der Waals surface area contributed by atoms with E-state index < -0.39 is 71.2 Å². The number of amides is 1. The first-order valence-electron chi connectivity index (χ1n) is 16.5. The lowest BCUT2D eigenvalue weighted by molar-refractivity contribution is -0.362. The van der Waals surface area contributed by atoms with Crippen LogP contribution in [0.2, 0.25) is 0 Å². The first-order chi connectivity index (χ1) is 22.1. The van der Waals surface area contributed by atoms with E-state index in [-0.39, 0.29) is 24.5 Å². The number of esters is 1. The van der Waals surface area contributed by atoms with Gasteiger partial charge in [-0.15, -0.1) is 0 Å². The van der Waals surface area contributed by atoms with Crippen molar-refractivity contribution in [3.05, 3.63) is 58.2 Å². The van der Waals surface area contributed by atoms with E-state index in [1.54, 1.807) is 58.0 Å². The number of rotatable bonds is 6. The third-order valence-corrected chi connectivity index (χ3v) is 10.9. The number of hydrogen-bond donors (Lipinski definition) is 2. The molecule has 2 saturated carbocycles. The minimum atomic E-state index is -5.92. The lowest BCUT2D eigenvalue weighted by Crippen LogP contribution is -2.65. The molecule has 4 aliphatic carbocycles.